The van der Waals surface area contributed by atoms with E-state index in [0.717, 1.165) is 6.54 Å². The summed E-state index contributed by atoms with van der Waals surface area (Å²) in [6.07, 6.45) is 8.22. The summed E-state index contributed by atoms with van der Waals surface area (Å²) in [5.41, 5.74) is 3.26. The first-order valence-electron chi connectivity index (χ1n) is 8.75. The van der Waals surface area contributed by atoms with E-state index in [1.165, 1.54) is 62.7 Å². The second-order valence-electron chi connectivity index (χ2n) is 7.18. The molecule has 1 aliphatic heterocycles. The van der Waals surface area contributed by atoms with E-state index in [2.05, 4.69) is 48.3 Å². The van der Waals surface area contributed by atoms with Gasteiger partial charge in [0.1, 0.15) is 0 Å². The van der Waals surface area contributed by atoms with Crippen LogP contribution >= 0.6 is 0 Å². The first-order chi connectivity index (χ1) is 10.2. The highest BCUT2D eigenvalue weighted by Crippen LogP contribution is 2.32. The lowest BCUT2D eigenvalue weighted by molar-refractivity contribution is 0.0484. The van der Waals surface area contributed by atoms with Crippen LogP contribution in [0.5, 0.6) is 0 Å². The van der Waals surface area contributed by atoms with Crippen molar-refractivity contribution in [2.24, 2.45) is 0 Å². The number of nitrogens with one attached hydrogen (secondary N) is 1. The number of rotatable bonds is 3. The van der Waals surface area contributed by atoms with Crippen LogP contribution in [0.15, 0.2) is 24.3 Å². The molecule has 1 saturated heterocycles. The molecule has 116 valence electrons. The van der Waals surface area contributed by atoms with Gasteiger partial charge in [0.25, 0.3) is 0 Å². The van der Waals surface area contributed by atoms with Gasteiger partial charge in [-0.1, -0.05) is 56.0 Å². The highest BCUT2D eigenvalue weighted by atomic mass is 15.3. The molecule has 2 nitrogen and oxygen atoms in total. The second-order valence-corrected chi connectivity index (χ2v) is 7.18. The fourth-order valence-corrected chi connectivity index (χ4v) is 4.23. The minimum absolute atomic E-state index is 0.410. The van der Waals surface area contributed by atoms with Crippen molar-refractivity contribution in [1.29, 1.82) is 0 Å². The Morgan fingerprint density at radius 2 is 2.05 bits per heavy atom. The lowest BCUT2D eigenvalue weighted by Gasteiger charge is -2.49. The Bertz CT molecular complexity index is 462. The Hall–Kier alpha value is -0.860. The van der Waals surface area contributed by atoms with Gasteiger partial charge in [0.05, 0.1) is 0 Å². The molecule has 1 aromatic carbocycles. The Labute approximate surface area is 129 Å². The van der Waals surface area contributed by atoms with Crippen LogP contribution in [0, 0.1) is 6.92 Å². The van der Waals surface area contributed by atoms with Gasteiger partial charge in [-0.15, -0.1) is 0 Å². The predicted octanol–water partition coefficient (Wildman–Crippen LogP) is 3.88. The van der Waals surface area contributed by atoms with Crippen molar-refractivity contribution in [3.63, 3.8) is 0 Å². The first kappa shape index (κ1) is 15.1. The number of piperazine rings is 1. The fraction of sp³-hybridized carbons (Fsp3) is 0.684. The fourth-order valence-electron chi connectivity index (χ4n) is 4.23. The molecule has 1 unspecified atom stereocenters. The summed E-state index contributed by atoms with van der Waals surface area (Å²) in [4.78, 5) is 2.75. The quantitative estimate of drug-likeness (QED) is 0.907. The van der Waals surface area contributed by atoms with Crippen molar-refractivity contribution in [1.82, 2.24) is 10.2 Å². The Morgan fingerprint density at radius 1 is 1.24 bits per heavy atom. The summed E-state index contributed by atoms with van der Waals surface area (Å²) in [6.45, 7) is 8.04. The van der Waals surface area contributed by atoms with E-state index < -0.39 is 0 Å². The first-order valence-corrected chi connectivity index (χ1v) is 8.75. The van der Waals surface area contributed by atoms with Gasteiger partial charge in [0.2, 0.25) is 0 Å². The Morgan fingerprint density at radius 3 is 2.76 bits per heavy atom. The number of nitrogens with zero attached hydrogens (tertiary/aromatic N) is 1. The molecule has 1 atom stereocenters. The van der Waals surface area contributed by atoms with Crippen LogP contribution in [0.25, 0.3) is 0 Å². The summed E-state index contributed by atoms with van der Waals surface area (Å²) >= 11 is 0. The molecule has 1 aliphatic carbocycles. The average molecular weight is 286 g/mol. The maximum Gasteiger partial charge on any atom is 0.0309 e. The van der Waals surface area contributed by atoms with E-state index in [0.29, 0.717) is 11.6 Å². The van der Waals surface area contributed by atoms with Crippen molar-refractivity contribution in [3.8, 4) is 0 Å². The highest BCUT2D eigenvalue weighted by molar-refractivity contribution is 5.22. The largest absolute Gasteiger partial charge is 0.308 e. The molecule has 1 aromatic rings. The molecule has 1 saturated carbocycles. The molecule has 2 aliphatic rings. The van der Waals surface area contributed by atoms with Crippen LogP contribution in [0.4, 0.5) is 0 Å². The summed E-state index contributed by atoms with van der Waals surface area (Å²) in [7, 11) is 0. The molecule has 2 fully saturated rings. The zero-order valence-corrected chi connectivity index (χ0v) is 13.7. The smallest absolute Gasteiger partial charge is 0.0309 e. The molecule has 0 aromatic heterocycles. The average Bonchev–Trinajstić information content (AvgIpc) is 2.48. The predicted molar refractivity (Wildman–Crippen MR) is 89.5 cm³/mol. The molecule has 2 heteroatoms. The van der Waals surface area contributed by atoms with Crippen molar-refractivity contribution in [2.75, 3.05) is 13.1 Å². The summed E-state index contributed by atoms with van der Waals surface area (Å²) in [5.74, 6) is 0. The van der Waals surface area contributed by atoms with Gasteiger partial charge in [-0.25, -0.2) is 0 Å². The summed E-state index contributed by atoms with van der Waals surface area (Å²) in [6, 6.07) is 9.72. The van der Waals surface area contributed by atoms with Gasteiger partial charge in [-0.05, 0) is 31.7 Å². The standard InChI is InChI=1S/C19H30N2/c1-3-18-13-20-19(10-5-4-6-11-19)15-21(18)14-17-9-7-8-16(2)12-17/h7-9,12,18,20H,3-6,10-11,13-15H2,1-2H3. The van der Waals surface area contributed by atoms with Gasteiger partial charge < -0.3 is 5.32 Å². The van der Waals surface area contributed by atoms with Gasteiger partial charge in [-0.3, -0.25) is 4.90 Å². The number of benzene rings is 1. The molecule has 3 rings (SSSR count). The highest BCUT2D eigenvalue weighted by Gasteiger charge is 2.39. The van der Waals surface area contributed by atoms with Crippen LogP contribution in [0.1, 0.15) is 56.6 Å². The van der Waals surface area contributed by atoms with Crippen molar-refractivity contribution in [2.45, 2.75) is 70.5 Å². The van der Waals surface area contributed by atoms with Crippen LogP contribution in [-0.4, -0.2) is 29.6 Å². The third-order valence-electron chi connectivity index (χ3n) is 5.48. The molecule has 1 N–H and O–H groups in total. The van der Waals surface area contributed by atoms with Crippen LogP contribution in [0.3, 0.4) is 0 Å². The molecule has 1 heterocycles. The molecular weight excluding hydrogens is 256 g/mol. The third-order valence-corrected chi connectivity index (χ3v) is 5.48. The Kier molecular flexibility index (Phi) is 4.66. The topological polar surface area (TPSA) is 15.3 Å². The molecule has 0 radical (unpaired) electrons. The SMILES string of the molecule is CCC1CNC2(CCCCC2)CN1Cc1cccc(C)c1. The normalized spacial score (nSPS) is 26.1. The third kappa shape index (κ3) is 3.49. The zero-order valence-electron chi connectivity index (χ0n) is 13.7. The molecule has 21 heavy (non-hydrogen) atoms. The molecule has 0 amide bonds. The van der Waals surface area contributed by atoms with Crippen LogP contribution < -0.4 is 5.32 Å². The number of hydrogen-bond acceptors (Lipinski definition) is 2. The molecule has 0 bridgehead atoms. The minimum atomic E-state index is 0.410. The van der Waals surface area contributed by atoms with Gasteiger partial charge in [-0.2, -0.15) is 0 Å². The zero-order chi connectivity index (χ0) is 14.7. The van der Waals surface area contributed by atoms with E-state index in [-0.39, 0.29) is 0 Å². The summed E-state index contributed by atoms with van der Waals surface area (Å²) in [5, 5.41) is 3.92. The molecule has 1 spiro atoms. The van der Waals surface area contributed by atoms with E-state index in [1.54, 1.807) is 0 Å². The maximum atomic E-state index is 3.92. The lowest BCUT2D eigenvalue weighted by Crippen LogP contribution is -2.64. The van der Waals surface area contributed by atoms with E-state index in [1.807, 2.05) is 0 Å². The van der Waals surface area contributed by atoms with E-state index in [9.17, 15) is 0 Å². The van der Waals surface area contributed by atoms with Gasteiger partial charge in [0, 0.05) is 31.2 Å². The van der Waals surface area contributed by atoms with E-state index in [4.69, 9.17) is 0 Å². The Balaban J connectivity index is 1.73. The van der Waals surface area contributed by atoms with Gasteiger partial charge >= 0.3 is 0 Å². The van der Waals surface area contributed by atoms with Crippen molar-refractivity contribution in [3.05, 3.63) is 35.4 Å². The van der Waals surface area contributed by atoms with Crippen LogP contribution in [0.2, 0.25) is 0 Å². The van der Waals surface area contributed by atoms with Crippen molar-refractivity contribution < 1.29 is 0 Å². The summed E-state index contributed by atoms with van der Waals surface area (Å²) < 4.78 is 0. The van der Waals surface area contributed by atoms with Gasteiger partial charge in [0.15, 0.2) is 0 Å². The molecular formula is C19H30N2. The maximum absolute atomic E-state index is 3.92. The van der Waals surface area contributed by atoms with Crippen LogP contribution in [-0.2, 0) is 6.54 Å². The van der Waals surface area contributed by atoms with Crippen molar-refractivity contribution >= 4 is 0 Å². The monoisotopic (exact) mass is 286 g/mol. The second kappa shape index (κ2) is 6.50. The van der Waals surface area contributed by atoms with E-state index >= 15 is 0 Å². The number of aryl methyl sites for hydroxylation is 1. The number of hydrogen-bond donors (Lipinski definition) is 1. The lowest BCUT2D eigenvalue weighted by atomic mass is 9.79. The minimum Gasteiger partial charge on any atom is -0.308 e.